The molecule has 0 aromatic heterocycles. The summed E-state index contributed by atoms with van der Waals surface area (Å²) in [6, 6.07) is 5.22. The van der Waals surface area contributed by atoms with Gasteiger partial charge in [-0.05, 0) is 44.9 Å². The maximum atomic E-state index is 12.6. The van der Waals surface area contributed by atoms with Gasteiger partial charge in [-0.15, -0.1) is 0 Å². The van der Waals surface area contributed by atoms with E-state index in [9.17, 15) is 4.79 Å². The van der Waals surface area contributed by atoms with Crippen LogP contribution in [0.2, 0.25) is 5.02 Å². The molecule has 0 radical (unpaired) electrons. The molecule has 2 rings (SSSR count). The summed E-state index contributed by atoms with van der Waals surface area (Å²) in [6.07, 6.45) is 2.48. The third kappa shape index (κ3) is 3.58. The number of hydrogen-bond donors (Lipinski definition) is 1. The predicted octanol–water partition coefficient (Wildman–Crippen LogP) is 3.09. The molecule has 0 saturated carbocycles. The van der Waals surface area contributed by atoms with E-state index in [0.29, 0.717) is 22.6 Å². The first-order chi connectivity index (χ1) is 9.95. The lowest BCUT2D eigenvalue weighted by atomic mass is 10.0. The van der Waals surface area contributed by atoms with Crippen molar-refractivity contribution >= 4 is 17.5 Å². The summed E-state index contributed by atoms with van der Waals surface area (Å²) in [5.74, 6) is 5.75. The number of halogens is 1. The number of likely N-dealkylation sites (tertiary alicyclic amines) is 1. The Hall–Kier alpha value is -1.50. The van der Waals surface area contributed by atoms with E-state index >= 15 is 0 Å². The van der Waals surface area contributed by atoms with Gasteiger partial charge in [0, 0.05) is 29.6 Å². The summed E-state index contributed by atoms with van der Waals surface area (Å²) in [5.41, 5.74) is 1.19. The van der Waals surface area contributed by atoms with Crippen LogP contribution in [-0.4, -0.2) is 34.6 Å². The maximum absolute atomic E-state index is 12.6. The Labute approximate surface area is 130 Å². The molecular formula is C17H20ClNO2. The minimum atomic E-state index is -0.0941. The lowest BCUT2D eigenvalue weighted by Gasteiger charge is -2.31. The van der Waals surface area contributed by atoms with E-state index in [0.717, 1.165) is 19.4 Å². The van der Waals surface area contributed by atoms with Crippen LogP contribution in [0.3, 0.4) is 0 Å². The van der Waals surface area contributed by atoms with Gasteiger partial charge in [-0.3, -0.25) is 4.79 Å². The third-order valence-electron chi connectivity index (χ3n) is 3.82. The standard InChI is InChI=1S/C17H20ClNO2/c1-17(2)9-5-10-19(17)16(21)14-8-7-13(15(18)12-14)6-3-4-11-20/h7-8,12,20H,4-5,9-11H2,1-2H3. The van der Waals surface area contributed by atoms with E-state index in [2.05, 4.69) is 25.7 Å². The predicted molar refractivity (Wildman–Crippen MR) is 84.4 cm³/mol. The smallest absolute Gasteiger partial charge is 0.254 e. The topological polar surface area (TPSA) is 40.5 Å². The zero-order chi connectivity index (χ0) is 15.5. The lowest BCUT2D eigenvalue weighted by molar-refractivity contribution is 0.0652. The number of carbonyl (C=O) groups is 1. The molecule has 3 nitrogen and oxygen atoms in total. The van der Waals surface area contributed by atoms with Crippen molar-refractivity contribution in [3.63, 3.8) is 0 Å². The zero-order valence-corrected chi connectivity index (χ0v) is 13.2. The molecule has 1 amide bonds. The molecule has 0 spiro atoms. The highest BCUT2D eigenvalue weighted by Gasteiger charge is 2.35. The highest BCUT2D eigenvalue weighted by molar-refractivity contribution is 6.32. The molecule has 112 valence electrons. The second kappa shape index (κ2) is 6.51. The first-order valence-corrected chi connectivity index (χ1v) is 7.55. The summed E-state index contributed by atoms with van der Waals surface area (Å²) in [7, 11) is 0. The van der Waals surface area contributed by atoms with Crippen LogP contribution in [0.1, 0.15) is 49.0 Å². The number of rotatable bonds is 2. The van der Waals surface area contributed by atoms with Gasteiger partial charge in [0.05, 0.1) is 11.6 Å². The molecule has 4 heteroatoms. The van der Waals surface area contributed by atoms with E-state index in [-0.39, 0.29) is 18.1 Å². The SMILES string of the molecule is CC1(C)CCCN1C(=O)c1ccc(C#CCCO)c(Cl)c1. The molecule has 1 N–H and O–H groups in total. The average molecular weight is 306 g/mol. The molecule has 1 aromatic rings. The first-order valence-electron chi connectivity index (χ1n) is 7.17. The van der Waals surface area contributed by atoms with Crippen LogP contribution >= 0.6 is 11.6 Å². The fraction of sp³-hybridized carbons (Fsp3) is 0.471. The largest absolute Gasteiger partial charge is 0.395 e. The van der Waals surface area contributed by atoms with Crippen LogP contribution < -0.4 is 0 Å². The molecule has 0 aliphatic carbocycles. The van der Waals surface area contributed by atoms with E-state index in [4.69, 9.17) is 16.7 Å². The van der Waals surface area contributed by atoms with E-state index in [1.807, 2.05) is 4.90 Å². The van der Waals surface area contributed by atoms with Gasteiger partial charge in [0.15, 0.2) is 0 Å². The number of benzene rings is 1. The minimum Gasteiger partial charge on any atom is -0.395 e. The molecule has 1 fully saturated rings. The third-order valence-corrected chi connectivity index (χ3v) is 4.13. The average Bonchev–Trinajstić information content (AvgIpc) is 2.79. The van der Waals surface area contributed by atoms with Gasteiger partial charge in [-0.25, -0.2) is 0 Å². The van der Waals surface area contributed by atoms with Crippen molar-refractivity contribution in [2.75, 3.05) is 13.2 Å². The number of hydrogen-bond acceptors (Lipinski definition) is 2. The molecule has 1 heterocycles. The number of aliphatic hydroxyl groups is 1. The summed E-state index contributed by atoms with van der Waals surface area (Å²) < 4.78 is 0. The Balaban J connectivity index is 2.21. The summed E-state index contributed by atoms with van der Waals surface area (Å²) >= 11 is 6.19. The van der Waals surface area contributed by atoms with Crippen LogP contribution in [0.4, 0.5) is 0 Å². The second-order valence-corrected chi connectivity index (χ2v) is 6.25. The van der Waals surface area contributed by atoms with Crippen molar-refractivity contribution in [1.82, 2.24) is 4.90 Å². The number of nitrogens with zero attached hydrogens (tertiary/aromatic N) is 1. The van der Waals surface area contributed by atoms with Gasteiger partial charge >= 0.3 is 0 Å². The molecule has 0 bridgehead atoms. The van der Waals surface area contributed by atoms with Crippen LogP contribution in [-0.2, 0) is 0 Å². The Morgan fingerprint density at radius 3 is 2.81 bits per heavy atom. The lowest BCUT2D eigenvalue weighted by Crippen LogP contribution is -2.42. The van der Waals surface area contributed by atoms with Crippen molar-refractivity contribution in [2.45, 2.75) is 38.6 Å². The van der Waals surface area contributed by atoms with Crippen LogP contribution in [0, 0.1) is 11.8 Å². The van der Waals surface area contributed by atoms with Gasteiger partial charge < -0.3 is 10.0 Å². The Bertz CT molecular complexity index is 599. The van der Waals surface area contributed by atoms with E-state index < -0.39 is 0 Å². The van der Waals surface area contributed by atoms with E-state index in [1.165, 1.54) is 0 Å². The monoisotopic (exact) mass is 305 g/mol. The van der Waals surface area contributed by atoms with E-state index in [1.54, 1.807) is 18.2 Å². The fourth-order valence-electron chi connectivity index (χ4n) is 2.60. The normalized spacial score (nSPS) is 16.5. The number of carbonyl (C=O) groups excluding carboxylic acids is 1. The zero-order valence-electron chi connectivity index (χ0n) is 12.4. The van der Waals surface area contributed by atoms with Crippen LogP contribution in [0.25, 0.3) is 0 Å². The second-order valence-electron chi connectivity index (χ2n) is 5.84. The summed E-state index contributed by atoms with van der Waals surface area (Å²) in [5, 5.41) is 9.19. The van der Waals surface area contributed by atoms with Gasteiger partial charge in [-0.2, -0.15) is 0 Å². The van der Waals surface area contributed by atoms with Crippen molar-refractivity contribution in [2.24, 2.45) is 0 Å². The highest BCUT2D eigenvalue weighted by Crippen LogP contribution is 2.30. The highest BCUT2D eigenvalue weighted by atomic mass is 35.5. The Morgan fingerprint density at radius 1 is 1.48 bits per heavy atom. The van der Waals surface area contributed by atoms with Gasteiger partial charge in [0.25, 0.3) is 5.91 Å². The minimum absolute atomic E-state index is 0.0225. The fourth-order valence-corrected chi connectivity index (χ4v) is 2.83. The summed E-state index contributed by atoms with van der Waals surface area (Å²) in [4.78, 5) is 14.5. The molecule has 0 atom stereocenters. The molecule has 0 unspecified atom stereocenters. The molecule has 1 saturated heterocycles. The molecule has 1 aromatic carbocycles. The van der Waals surface area contributed by atoms with Crippen LogP contribution in [0.5, 0.6) is 0 Å². The van der Waals surface area contributed by atoms with Crippen molar-refractivity contribution in [1.29, 1.82) is 0 Å². The van der Waals surface area contributed by atoms with Gasteiger partial charge in [0.1, 0.15) is 0 Å². The Morgan fingerprint density at radius 2 is 2.24 bits per heavy atom. The first kappa shape index (κ1) is 15.9. The maximum Gasteiger partial charge on any atom is 0.254 e. The van der Waals surface area contributed by atoms with Gasteiger partial charge in [0.2, 0.25) is 0 Å². The molecule has 21 heavy (non-hydrogen) atoms. The van der Waals surface area contributed by atoms with Crippen LogP contribution in [0.15, 0.2) is 18.2 Å². The molecule has 1 aliphatic rings. The number of aliphatic hydroxyl groups excluding tert-OH is 1. The van der Waals surface area contributed by atoms with Gasteiger partial charge in [-0.1, -0.05) is 23.4 Å². The Kier molecular flexibility index (Phi) is 4.92. The summed E-state index contributed by atoms with van der Waals surface area (Å²) in [6.45, 7) is 5.01. The number of amides is 1. The molecular weight excluding hydrogens is 286 g/mol. The van der Waals surface area contributed by atoms with Crippen molar-refractivity contribution in [3.8, 4) is 11.8 Å². The quantitative estimate of drug-likeness (QED) is 0.853. The molecule has 1 aliphatic heterocycles. The van der Waals surface area contributed by atoms with Crippen molar-refractivity contribution in [3.05, 3.63) is 34.3 Å². The van der Waals surface area contributed by atoms with Crippen molar-refractivity contribution < 1.29 is 9.90 Å².